The summed E-state index contributed by atoms with van der Waals surface area (Å²) in [6.07, 6.45) is 0.196. The van der Waals surface area contributed by atoms with Crippen molar-refractivity contribution in [1.29, 1.82) is 0 Å². The summed E-state index contributed by atoms with van der Waals surface area (Å²) in [5.74, 6) is 0.565. The second kappa shape index (κ2) is 8.53. The molecular formula is C20H22N2O5. The molecule has 2 atom stereocenters. The minimum absolute atomic E-state index is 0.0143. The zero-order chi connectivity index (χ0) is 19.2. The molecule has 7 nitrogen and oxygen atoms in total. The van der Waals surface area contributed by atoms with Crippen LogP contribution in [0.3, 0.4) is 0 Å². The molecule has 0 aliphatic carbocycles. The maximum atomic E-state index is 12.1. The van der Waals surface area contributed by atoms with E-state index in [4.69, 9.17) is 9.47 Å². The van der Waals surface area contributed by atoms with E-state index in [0.717, 1.165) is 5.56 Å². The van der Waals surface area contributed by atoms with Gasteiger partial charge >= 0.3 is 6.09 Å². The molecule has 1 aliphatic rings. The Morgan fingerprint density at radius 1 is 1.19 bits per heavy atom. The van der Waals surface area contributed by atoms with Crippen LogP contribution in [0.1, 0.15) is 24.8 Å². The first-order valence-electron chi connectivity index (χ1n) is 8.96. The number of nitrogens with zero attached hydrogens (tertiary/aromatic N) is 2. The second-order valence-corrected chi connectivity index (χ2v) is 6.36. The van der Waals surface area contributed by atoms with E-state index in [1.165, 1.54) is 12.1 Å². The maximum absolute atomic E-state index is 12.1. The lowest BCUT2D eigenvalue weighted by Crippen LogP contribution is -2.47. The van der Waals surface area contributed by atoms with Crippen LogP contribution >= 0.6 is 0 Å². The van der Waals surface area contributed by atoms with Gasteiger partial charge in [0, 0.05) is 37.6 Å². The molecule has 0 bridgehead atoms. The molecule has 0 aromatic heterocycles. The summed E-state index contributed by atoms with van der Waals surface area (Å²) in [4.78, 5) is 24.2. The number of piperidine rings is 1. The minimum Gasteiger partial charge on any atom is -0.490 e. The molecule has 0 radical (unpaired) electrons. The number of hydrogen-bond acceptors (Lipinski definition) is 5. The van der Waals surface area contributed by atoms with Gasteiger partial charge in [-0.25, -0.2) is 4.79 Å². The summed E-state index contributed by atoms with van der Waals surface area (Å²) in [5.41, 5.74) is 1.11. The van der Waals surface area contributed by atoms with Crippen molar-refractivity contribution in [2.45, 2.75) is 25.4 Å². The monoisotopic (exact) mass is 370 g/mol. The van der Waals surface area contributed by atoms with Crippen LogP contribution in [0.15, 0.2) is 54.6 Å². The summed E-state index contributed by atoms with van der Waals surface area (Å²) < 4.78 is 11.3. The quantitative estimate of drug-likeness (QED) is 0.587. The molecule has 0 saturated carbocycles. The fourth-order valence-electron chi connectivity index (χ4n) is 3.29. The summed E-state index contributed by atoms with van der Waals surface area (Å²) in [6, 6.07) is 16.0. The Morgan fingerprint density at radius 2 is 1.89 bits per heavy atom. The van der Waals surface area contributed by atoms with E-state index in [1.54, 1.807) is 24.0 Å². The first-order valence-corrected chi connectivity index (χ1v) is 8.96. The maximum Gasteiger partial charge on any atom is 0.409 e. The van der Waals surface area contributed by atoms with Gasteiger partial charge in [-0.1, -0.05) is 30.3 Å². The van der Waals surface area contributed by atoms with E-state index in [1.807, 2.05) is 30.3 Å². The summed E-state index contributed by atoms with van der Waals surface area (Å²) >= 11 is 0. The zero-order valence-corrected chi connectivity index (χ0v) is 15.1. The molecular weight excluding hydrogens is 348 g/mol. The van der Waals surface area contributed by atoms with Gasteiger partial charge in [0.1, 0.15) is 11.9 Å². The number of hydrogen-bond donors (Lipinski definition) is 0. The Kier molecular flexibility index (Phi) is 5.90. The van der Waals surface area contributed by atoms with Crippen LogP contribution in [-0.4, -0.2) is 41.7 Å². The van der Waals surface area contributed by atoms with Crippen LogP contribution in [-0.2, 0) is 4.74 Å². The molecule has 142 valence electrons. The number of nitro benzene ring substituents is 1. The van der Waals surface area contributed by atoms with Gasteiger partial charge in [-0.15, -0.1) is 0 Å². The molecule has 1 aliphatic heterocycles. The average molecular weight is 370 g/mol. The minimum atomic E-state index is -0.436. The van der Waals surface area contributed by atoms with E-state index in [9.17, 15) is 14.9 Å². The number of carbonyl (C=O) groups is 1. The van der Waals surface area contributed by atoms with Crippen molar-refractivity contribution in [3.8, 4) is 5.75 Å². The molecule has 27 heavy (non-hydrogen) atoms. The van der Waals surface area contributed by atoms with Crippen LogP contribution in [0.4, 0.5) is 10.5 Å². The van der Waals surface area contributed by atoms with E-state index in [0.29, 0.717) is 31.9 Å². The number of likely N-dealkylation sites (tertiary alicyclic amines) is 1. The number of benzene rings is 2. The van der Waals surface area contributed by atoms with Gasteiger partial charge in [0.15, 0.2) is 0 Å². The highest BCUT2D eigenvalue weighted by atomic mass is 16.6. The lowest BCUT2D eigenvalue weighted by molar-refractivity contribution is -0.384. The van der Waals surface area contributed by atoms with Crippen LogP contribution in [0.5, 0.6) is 5.75 Å². The third-order valence-electron chi connectivity index (χ3n) is 4.64. The summed E-state index contributed by atoms with van der Waals surface area (Å²) in [5, 5.41) is 10.8. The number of non-ortho nitro benzene ring substituents is 1. The van der Waals surface area contributed by atoms with Crippen molar-refractivity contribution in [1.82, 2.24) is 4.90 Å². The Morgan fingerprint density at radius 3 is 2.52 bits per heavy atom. The molecule has 0 N–H and O–H groups in total. The molecule has 0 spiro atoms. The molecule has 2 unspecified atom stereocenters. The van der Waals surface area contributed by atoms with Gasteiger partial charge in [0.05, 0.1) is 11.5 Å². The van der Waals surface area contributed by atoms with Crippen LogP contribution in [0.2, 0.25) is 0 Å². The van der Waals surface area contributed by atoms with E-state index >= 15 is 0 Å². The Bertz CT molecular complexity index is 779. The fourth-order valence-corrected chi connectivity index (χ4v) is 3.29. The SMILES string of the molecule is CCOC(=O)N1CCC(Oc2ccc([N+](=O)[O-])cc2)C(c2ccccc2)C1. The molecule has 2 aromatic rings. The Hall–Kier alpha value is -3.09. The highest BCUT2D eigenvalue weighted by molar-refractivity contribution is 5.68. The molecule has 1 amide bonds. The first kappa shape index (κ1) is 18.7. The number of rotatable bonds is 5. The lowest BCUT2D eigenvalue weighted by atomic mass is 9.88. The fraction of sp³-hybridized carbons (Fsp3) is 0.350. The second-order valence-electron chi connectivity index (χ2n) is 6.36. The summed E-state index contributed by atoms with van der Waals surface area (Å²) in [6.45, 7) is 3.17. The van der Waals surface area contributed by atoms with Crippen molar-refractivity contribution in [3.05, 3.63) is 70.3 Å². The average Bonchev–Trinajstić information content (AvgIpc) is 2.69. The standard InChI is InChI=1S/C20H22N2O5/c1-2-26-20(23)21-13-12-19(18(14-21)15-6-4-3-5-7-15)27-17-10-8-16(9-11-17)22(24)25/h3-11,18-19H,2,12-14H2,1H3. The van der Waals surface area contributed by atoms with Crippen LogP contribution in [0, 0.1) is 10.1 Å². The van der Waals surface area contributed by atoms with Gasteiger partial charge in [-0.05, 0) is 24.6 Å². The number of carbonyl (C=O) groups excluding carboxylic acids is 1. The summed E-state index contributed by atoms with van der Waals surface area (Å²) in [7, 11) is 0. The van der Waals surface area contributed by atoms with Crippen molar-refractivity contribution in [3.63, 3.8) is 0 Å². The molecule has 2 aromatic carbocycles. The molecule has 7 heteroatoms. The molecule has 1 heterocycles. The Labute approximate surface area is 157 Å². The van der Waals surface area contributed by atoms with E-state index in [2.05, 4.69) is 0 Å². The van der Waals surface area contributed by atoms with Gasteiger partial charge in [-0.2, -0.15) is 0 Å². The number of ether oxygens (including phenoxy) is 2. The van der Waals surface area contributed by atoms with Gasteiger partial charge in [0.25, 0.3) is 5.69 Å². The Balaban J connectivity index is 1.78. The van der Waals surface area contributed by atoms with E-state index < -0.39 is 4.92 Å². The number of nitro groups is 1. The zero-order valence-electron chi connectivity index (χ0n) is 15.1. The van der Waals surface area contributed by atoms with Gasteiger partial charge in [-0.3, -0.25) is 10.1 Å². The van der Waals surface area contributed by atoms with Crippen molar-refractivity contribution >= 4 is 11.8 Å². The molecule has 1 fully saturated rings. The predicted molar refractivity (Wildman–Crippen MR) is 99.9 cm³/mol. The highest BCUT2D eigenvalue weighted by Crippen LogP contribution is 2.31. The van der Waals surface area contributed by atoms with Crippen LogP contribution in [0.25, 0.3) is 0 Å². The van der Waals surface area contributed by atoms with Gasteiger partial charge < -0.3 is 14.4 Å². The third kappa shape index (κ3) is 4.55. The third-order valence-corrected chi connectivity index (χ3v) is 4.64. The van der Waals surface area contributed by atoms with Crippen molar-refractivity contribution in [2.24, 2.45) is 0 Å². The van der Waals surface area contributed by atoms with Gasteiger partial charge in [0.2, 0.25) is 0 Å². The molecule has 1 saturated heterocycles. The first-order chi connectivity index (χ1) is 13.1. The topological polar surface area (TPSA) is 81.9 Å². The van der Waals surface area contributed by atoms with E-state index in [-0.39, 0.29) is 23.8 Å². The lowest BCUT2D eigenvalue weighted by Gasteiger charge is -2.38. The number of amides is 1. The normalized spacial score (nSPS) is 19.4. The highest BCUT2D eigenvalue weighted by Gasteiger charge is 2.34. The van der Waals surface area contributed by atoms with Crippen molar-refractivity contribution in [2.75, 3.05) is 19.7 Å². The smallest absolute Gasteiger partial charge is 0.409 e. The van der Waals surface area contributed by atoms with Crippen molar-refractivity contribution < 1.29 is 19.2 Å². The van der Waals surface area contributed by atoms with Crippen LogP contribution < -0.4 is 4.74 Å². The molecule has 3 rings (SSSR count). The largest absolute Gasteiger partial charge is 0.490 e. The predicted octanol–water partition coefficient (Wildman–Crippen LogP) is 3.99.